The quantitative estimate of drug-likeness (QED) is 0.423. The lowest BCUT2D eigenvalue weighted by atomic mass is 10.0. The third-order valence-electron chi connectivity index (χ3n) is 3.66. The van der Waals surface area contributed by atoms with Gasteiger partial charge in [-0.05, 0) is 0 Å². The van der Waals surface area contributed by atoms with Gasteiger partial charge in [-0.1, -0.05) is 6.58 Å². The van der Waals surface area contributed by atoms with Gasteiger partial charge in [0.25, 0.3) is 0 Å². The number of hydrogen-bond acceptors (Lipinski definition) is 6. The molecule has 7 nitrogen and oxygen atoms in total. The van der Waals surface area contributed by atoms with E-state index in [2.05, 4.69) is 6.58 Å². The number of rotatable bonds is 4. The van der Waals surface area contributed by atoms with Gasteiger partial charge in [-0.3, -0.25) is 9.59 Å². The standard InChI is InChI=1S/C12H13N3O2.C3H4O2/c16-9-7-8(13-1-2-13)12(17)11(15-5-6-15)10(9)14-3-4-14;1-2-3(4)5/h7H,1-6H2;2H,1H2,(H,4,5). The van der Waals surface area contributed by atoms with Crippen molar-refractivity contribution in [1.82, 2.24) is 14.7 Å². The number of nitrogens with zero attached hydrogens (tertiary/aromatic N) is 3. The number of carboxylic acids is 1. The van der Waals surface area contributed by atoms with E-state index in [-0.39, 0.29) is 11.6 Å². The van der Waals surface area contributed by atoms with Crippen LogP contribution in [0.5, 0.6) is 0 Å². The van der Waals surface area contributed by atoms with E-state index in [1.807, 2.05) is 14.7 Å². The highest BCUT2D eigenvalue weighted by Crippen LogP contribution is 2.33. The Bertz CT molecular complexity index is 623. The first-order chi connectivity index (χ1) is 10.5. The van der Waals surface area contributed by atoms with Crippen LogP contribution >= 0.6 is 0 Å². The highest BCUT2D eigenvalue weighted by molar-refractivity contribution is 6.22. The summed E-state index contributed by atoms with van der Waals surface area (Å²) >= 11 is 0. The van der Waals surface area contributed by atoms with Crippen molar-refractivity contribution in [2.24, 2.45) is 0 Å². The van der Waals surface area contributed by atoms with Gasteiger partial charge in [0.1, 0.15) is 11.4 Å². The summed E-state index contributed by atoms with van der Waals surface area (Å²) in [6.45, 7) is 8.37. The average Bonchev–Trinajstić information content (AvgIpc) is 3.34. The molecule has 4 rings (SSSR count). The molecule has 0 spiro atoms. The maximum atomic E-state index is 12.4. The van der Waals surface area contributed by atoms with Gasteiger partial charge in [0, 0.05) is 51.4 Å². The normalized spacial score (nSPS) is 22.0. The maximum absolute atomic E-state index is 12.4. The molecule has 7 heteroatoms. The van der Waals surface area contributed by atoms with Crippen molar-refractivity contribution < 1.29 is 19.5 Å². The molecule has 3 aliphatic heterocycles. The minimum Gasteiger partial charge on any atom is -0.478 e. The molecule has 0 aromatic carbocycles. The van der Waals surface area contributed by atoms with Gasteiger partial charge in [0.15, 0.2) is 0 Å². The Balaban J connectivity index is 0.000000254. The van der Waals surface area contributed by atoms with E-state index in [0.717, 1.165) is 45.3 Å². The van der Waals surface area contributed by atoms with E-state index in [4.69, 9.17) is 5.11 Å². The van der Waals surface area contributed by atoms with Crippen LogP contribution in [0.15, 0.2) is 35.8 Å². The van der Waals surface area contributed by atoms with Crippen LogP contribution in [0.3, 0.4) is 0 Å². The summed E-state index contributed by atoms with van der Waals surface area (Å²) < 4.78 is 0. The lowest BCUT2D eigenvalue weighted by molar-refractivity contribution is -0.131. The molecule has 3 saturated heterocycles. The zero-order valence-corrected chi connectivity index (χ0v) is 12.1. The van der Waals surface area contributed by atoms with Crippen LogP contribution in [0.1, 0.15) is 0 Å². The number of carbonyl (C=O) groups excluding carboxylic acids is 2. The van der Waals surface area contributed by atoms with Crippen molar-refractivity contribution in [2.45, 2.75) is 0 Å². The van der Waals surface area contributed by atoms with Gasteiger partial charge in [-0.25, -0.2) is 4.79 Å². The molecule has 0 aromatic heterocycles. The molecular formula is C15H17N3O4. The first-order valence-electron chi connectivity index (χ1n) is 7.18. The van der Waals surface area contributed by atoms with Gasteiger partial charge in [-0.2, -0.15) is 0 Å². The van der Waals surface area contributed by atoms with Gasteiger partial charge < -0.3 is 19.8 Å². The summed E-state index contributed by atoms with van der Waals surface area (Å²) in [4.78, 5) is 39.7. The third-order valence-corrected chi connectivity index (χ3v) is 3.66. The molecule has 0 radical (unpaired) electrons. The number of allylic oxidation sites excluding steroid dienone is 1. The van der Waals surface area contributed by atoms with Crippen molar-refractivity contribution in [3.05, 3.63) is 35.8 Å². The van der Waals surface area contributed by atoms with E-state index < -0.39 is 5.97 Å². The molecule has 0 unspecified atom stereocenters. The Hall–Kier alpha value is -2.57. The fraction of sp³-hybridized carbons (Fsp3) is 0.400. The van der Waals surface area contributed by atoms with Gasteiger partial charge >= 0.3 is 5.97 Å². The van der Waals surface area contributed by atoms with E-state index in [0.29, 0.717) is 17.1 Å². The lowest BCUT2D eigenvalue weighted by Crippen LogP contribution is -2.29. The van der Waals surface area contributed by atoms with Crippen molar-refractivity contribution in [2.75, 3.05) is 39.3 Å². The molecule has 1 aliphatic carbocycles. The fourth-order valence-electron chi connectivity index (χ4n) is 2.28. The summed E-state index contributed by atoms with van der Waals surface area (Å²) in [7, 11) is 0. The first kappa shape index (κ1) is 14.4. The highest BCUT2D eigenvalue weighted by Gasteiger charge is 2.43. The largest absolute Gasteiger partial charge is 0.478 e. The van der Waals surface area contributed by atoms with Gasteiger partial charge in [-0.15, -0.1) is 0 Å². The van der Waals surface area contributed by atoms with Crippen LogP contribution in [0.2, 0.25) is 0 Å². The average molecular weight is 303 g/mol. The second-order valence-electron chi connectivity index (χ2n) is 5.42. The first-order valence-corrected chi connectivity index (χ1v) is 7.18. The van der Waals surface area contributed by atoms with Crippen LogP contribution in [-0.4, -0.2) is 76.6 Å². The number of Topliss-reactive ketones (excluding diaryl/α,β-unsaturated/α-hetero) is 1. The Morgan fingerprint density at radius 3 is 1.86 bits per heavy atom. The molecule has 3 heterocycles. The van der Waals surface area contributed by atoms with Crippen LogP contribution in [-0.2, 0) is 14.4 Å². The summed E-state index contributed by atoms with van der Waals surface area (Å²) in [6.07, 6.45) is 2.36. The predicted molar refractivity (Wildman–Crippen MR) is 77.7 cm³/mol. The molecule has 0 atom stereocenters. The molecule has 22 heavy (non-hydrogen) atoms. The highest BCUT2D eigenvalue weighted by atomic mass is 16.4. The molecule has 0 bridgehead atoms. The Morgan fingerprint density at radius 1 is 1.00 bits per heavy atom. The van der Waals surface area contributed by atoms with Crippen LogP contribution < -0.4 is 0 Å². The van der Waals surface area contributed by atoms with E-state index >= 15 is 0 Å². The van der Waals surface area contributed by atoms with Crippen LogP contribution in [0.25, 0.3) is 0 Å². The molecular weight excluding hydrogens is 286 g/mol. The van der Waals surface area contributed by atoms with Gasteiger partial charge in [0.2, 0.25) is 11.6 Å². The van der Waals surface area contributed by atoms with E-state index in [1.54, 1.807) is 0 Å². The van der Waals surface area contributed by atoms with E-state index in [1.165, 1.54) is 6.08 Å². The summed E-state index contributed by atoms with van der Waals surface area (Å²) in [5.41, 5.74) is 1.89. The number of carbonyl (C=O) groups is 3. The number of hydrogen-bond donors (Lipinski definition) is 1. The number of carboxylic acid groups (broad SMARTS) is 1. The SMILES string of the molecule is C=CC(=O)O.O=C1C=C(N2CC2)C(=O)C(N2CC2)=C1N1CC1. The van der Waals surface area contributed by atoms with Crippen molar-refractivity contribution in [3.63, 3.8) is 0 Å². The molecule has 0 amide bonds. The second-order valence-corrected chi connectivity index (χ2v) is 5.42. The Kier molecular flexibility index (Phi) is 3.48. The third kappa shape index (κ3) is 2.88. The number of aliphatic carboxylic acids is 1. The Labute approximate surface area is 127 Å². The Morgan fingerprint density at radius 2 is 1.45 bits per heavy atom. The van der Waals surface area contributed by atoms with Crippen molar-refractivity contribution in [1.29, 1.82) is 0 Å². The summed E-state index contributed by atoms with van der Waals surface area (Å²) in [6, 6.07) is 0. The minimum atomic E-state index is -0.981. The van der Waals surface area contributed by atoms with Crippen molar-refractivity contribution >= 4 is 17.5 Å². The molecule has 1 N–H and O–H groups in total. The summed E-state index contributed by atoms with van der Waals surface area (Å²) in [5.74, 6) is -0.933. The summed E-state index contributed by atoms with van der Waals surface area (Å²) in [5, 5.41) is 7.60. The predicted octanol–water partition coefficient (Wildman–Crippen LogP) is -0.562. The minimum absolute atomic E-state index is 0.00546. The second kappa shape index (κ2) is 5.32. The van der Waals surface area contributed by atoms with Crippen LogP contribution in [0.4, 0.5) is 0 Å². The molecule has 3 fully saturated rings. The van der Waals surface area contributed by atoms with E-state index in [9.17, 15) is 14.4 Å². The topological polar surface area (TPSA) is 80.5 Å². The van der Waals surface area contributed by atoms with Crippen molar-refractivity contribution in [3.8, 4) is 0 Å². The van der Waals surface area contributed by atoms with Gasteiger partial charge in [0.05, 0.1) is 5.70 Å². The zero-order chi connectivity index (χ0) is 15.9. The molecule has 116 valence electrons. The number of ketones is 2. The van der Waals surface area contributed by atoms with Crippen LogP contribution in [0, 0.1) is 0 Å². The monoisotopic (exact) mass is 303 g/mol. The lowest BCUT2D eigenvalue weighted by Gasteiger charge is -2.21. The zero-order valence-electron chi connectivity index (χ0n) is 12.1. The smallest absolute Gasteiger partial charge is 0.327 e. The molecule has 0 saturated carbocycles. The maximum Gasteiger partial charge on any atom is 0.327 e. The fourth-order valence-corrected chi connectivity index (χ4v) is 2.28. The molecule has 0 aromatic rings. The molecule has 4 aliphatic rings.